The fraction of sp³-hybridized carbons (Fsp3) is 0.625. The summed E-state index contributed by atoms with van der Waals surface area (Å²) in [6, 6.07) is 8.51. The molecule has 1 aliphatic rings. The van der Waals surface area contributed by atoms with Gasteiger partial charge in [0.2, 0.25) is 0 Å². The highest BCUT2D eigenvalue weighted by Crippen LogP contribution is 2.20. The fourth-order valence-corrected chi connectivity index (χ4v) is 4.20. The zero-order valence-electron chi connectivity index (χ0n) is 12.4. The fourth-order valence-electron chi connectivity index (χ4n) is 2.72. The van der Waals surface area contributed by atoms with Crippen LogP contribution in [0.15, 0.2) is 24.3 Å². The van der Waals surface area contributed by atoms with Crippen LogP contribution in [0.4, 0.5) is 0 Å². The van der Waals surface area contributed by atoms with Crippen LogP contribution in [0.1, 0.15) is 36.9 Å². The molecule has 1 saturated heterocycles. The standard InChI is InChI=1S/C16H25NO2S/c1-3-17-16(15-9-5-4-7-13(15)2)12-20(18)11-14-8-6-10-19-14/h4-5,7,9,14,16-17H,3,6,8,10-12H2,1-2H3. The minimum absolute atomic E-state index is 0.170. The monoisotopic (exact) mass is 295 g/mol. The van der Waals surface area contributed by atoms with Crippen molar-refractivity contribution >= 4 is 10.8 Å². The molecular weight excluding hydrogens is 270 g/mol. The molecule has 3 atom stereocenters. The summed E-state index contributed by atoms with van der Waals surface area (Å²) in [7, 11) is -0.838. The van der Waals surface area contributed by atoms with Crippen molar-refractivity contribution in [2.45, 2.75) is 38.8 Å². The summed E-state index contributed by atoms with van der Waals surface area (Å²) in [5.74, 6) is 1.34. The quantitative estimate of drug-likeness (QED) is 0.840. The van der Waals surface area contributed by atoms with Gasteiger partial charge in [-0.05, 0) is 37.4 Å². The molecule has 112 valence electrons. The van der Waals surface area contributed by atoms with Crippen molar-refractivity contribution in [3.63, 3.8) is 0 Å². The first-order chi connectivity index (χ1) is 9.70. The highest BCUT2D eigenvalue weighted by Gasteiger charge is 2.21. The van der Waals surface area contributed by atoms with Crippen LogP contribution in [0.5, 0.6) is 0 Å². The van der Waals surface area contributed by atoms with E-state index in [9.17, 15) is 4.21 Å². The summed E-state index contributed by atoms with van der Waals surface area (Å²) in [6.07, 6.45) is 2.37. The number of hydrogen-bond acceptors (Lipinski definition) is 3. The van der Waals surface area contributed by atoms with Crippen LogP contribution in [0.3, 0.4) is 0 Å². The highest BCUT2D eigenvalue weighted by molar-refractivity contribution is 7.85. The summed E-state index contributed by atoms with van der Waals surface area (Å²) in [5, 5.41) is 3.46. The van der Waals surface area contributed by atoms with E-state index in [4.69, 9.17) is 4.74 Å². The summed E-state index contributed by atoms with van der Waals surface area (Å²) in [6.45, 7) is 5.92. The normalized spacial score (nSPS) is 21.8. The molecule has 1 aromatic rings. The first-order valence-corrected chi connectivity index (χ1v) is 8.95. The molecule has 0 spiro atoms. The van der Waals surface area contributed by atoms with Gasteiger partial charge in [0.15, 0.2) is 0 Å². The molecule has 3 unspecified atom stereocenters. The maximum absolute atomic E-state index is 12.4. The predicted molar refractivity (Wildman–Crippen MR) is 84.4 cm³/mol. The van der Waals surface area contributed by atoms with Gasteiger partial charge in [-0.25, -0.2) is 0 Å². The number of rotatable bonds is 7. The van der Waals surface area contributed by atoms with Gasteiger partial charge in [0.05, 0.1) is 6.10 Å². The number of aryl methyl sites for hydroxylation is 1. The van der Waals surface area contributed by atoms with Crippen LogP contribution in [0, 0.1) is 6.92 Å². The Labute approximate surface area is 124 Å². The van der Waals surface area contributed by atoms with Gasteiger partial charge < -0.3 is 10.1 Å². The molecule has 0 radical (unpaired) electrons. The topological polar surface area (TPSA) is 38.3 Å². The van der Waals surface area contributed by atoms with Gasteiger partial charge >= 0.3 is 0 Å². The zero-order valence-corrected chi connectivity index (χ0v) is 13.2. The second kappa shape index (κ2) is 7.91. The van der Waals surface area contributed by atoms with Crippen LogP contribution in [0.2, 0.25) is 0 Å². The van der Waals surface area contributed by atoms with Gasteiger partial charge in [0.1, 0.15) is 0 Å². The number of ether oxygens (including phenoxy) is 1. The van der Waals surface area contributed by atoms with Crippen molar-refractivity contribution in [3.8, 4) is 0 Å². The van der Waals surface area contributed by atoms with E-state index >= 15 is 0 Å². The van der Waals surface area contributed by atoms with Crippen molar-refractivity contribution in [2.75, 3.05) is 24.7 Å². The van der Waals surface area contributed by atoms with Crippen LogP contribution >= 0.6 is 0 Å². The van der Waals surface area contributed by atoms with E-state index in [1.54, 1.807) is 0 Å². The molecule has 0 saturated carbocycles. The third-order valence-corrected chi connectivity index (χ3v) is 5.21. The van der Waals surface area contributed by atoms with Gasteiger partial charge in [-0.2, -0.15) is 0 Å². The van der Waals surface area contributed by atoms with Crippen LogP contribution in [-0.2, 0) is 15.5 Å². The molecule has 0 amide bonds. The maximum atomic E-state index is 12.4. The van der Waals surface area contributed by atoms with Gasteiger partial charge in [-0.15, -0.1) is 0 Å². The second-order valence-corrected chi connectivity index (χ2v) is 6.92. The van der Waals surface area contributed by atoms with Crippen molar-refractivity contribution in [2.24, 2.45) is 0 Å². The summed E-state index contributed by atoms with van der Waals surface area (Å²) in [5.41, 5.74) is 2.52. The molecule has 2 rings (SSSR count). The average molecular weight is 295 g/mol. The van der Waals surface area contributed by atoms with Crippen LogP contribution < -0.4 is 5.32 Å². The third kappa shape index (κ3) is 4.40. The van der Waals surface area contributed by atoms with Crippen molar-refractivity contribution in [3.05, 3.63) is 35.4 Å². The molecule has 1 heterocycles. The molecular formula is C16H25NO2S. The molecule has 1 N–H and O–H groups in total. The molecule has 4 heteroatoms. The van der Waals surface area contributed by atoms with Gasteiger partial charge in [0, 0.05) is 35.0 Å². The second-order valence-electron chi connectivity index (χ2n) is 5.38. The lowest BCUT2D eigenvalue weighted by molar-refractivity contribution is 0.128. The smallest absolute Gasteiger partial charge is 0.0691 e. The van der Waals surface area contributed by atoms with Gasteiger partial charge in [-0.3, -0.25) is 4.21 Å². The van der Waals surface area contributed by atoms with Gasteiger partial charge in [0.25, 0.3) is 0 Å². The summed E-state index contributed by atoms with van der Waals surface area (Å²) >= 11 is 0. The van der Waals surface area contributed by atoms with Crippen molar-refractivity contribution in [1.82, 2.24) is 5.32 Å². The lowest BCUT2D eigenvalue weighted by atomic mass is 10.0. The molecule has 1 fully saturated rings. The Morgan fingerprint density at radius 1 is 1.45 bits per heavy atom. The van der Waals surface area contributed by atoms with E-state index in [1.807, 2.05) is 6.07 Å². The first-order valence-electron chi connectivity index (χ1n) is 7.46. The minimum atomic E-state index is -0.838. The highest BCUT2D eigenvalue weighted by atomic mass is 32.2. The first kappa shape index (κ1) is 15.7. The molecule has 1 aliphatic heterocycles. The van der Waals surface area contributed by atoms with E-state index in [2.05, 4.69) is 37.4 Å². The Morgan fingerprint density at radius 3 is 2.90 bits per heavy atom. The van der Waals surface area contributed by atoms with E-state index in [1.165, 1.54) is 11.1 Å². The largest absolute Gasteiger partial charge is 0.377 e. The van der Waals surface area contributed by atoms with Crippen molar-refractivity contribution < 1.29 is 8.95 Å². The number of hydrogen-bond donors (Lipinski definition) is 1. The van der Waals surface area contributed by atoms with Crippen LogP contribution in [0.25, 0.3) is 0 Å². The number of nitrogens with one attached hydrogen (secondary N) is 1. The molecule has 3 nitrogen and oxygen atoms in total. The molecule has 0 aliphatic carbocycles. The predicted octanol–water partition coefficient (Wildman–Crippen LogP) is 2.57. The Balaban J connectivity index is 1.98. The van der Waals surface area contributed by atoms with E-state index in [-0.39, 0.29) is 12.1 Å². The summed E-state index contributed by atoms with van der Waals surface area (Å²) in [4.78, 5) is 0. The zero-order chi connectivity index (χ0) is 14.4. The van der Waals surface area contributed by atoms with Gasteiger partial charge in [-0.1, -0.05) is 31.2 Å². The molecule has 0 aromatic heterocycles. The Morgan fingerprint density at radius 2 is 2.25 bits per heavy atom. The Bertz CT molecular complexity index is 444. The third-order valence-electron chi connectivity index (χ3n) is 3.76. The summed E-state index contributed by atoms with van der Waals surface area (Å²) < 4.78 is 17.9. The molecule has 1 aromatic carbocycles. The Kier molecular flexibility index (Phi) is 6.20. The molecule has 0 bridgehead atoms. The lowest BCUT2D eigenvalue weighted by Crippen LogP contribution is -2.29. The average Bonchev–Trinajstić information content (AvgIpc) is 2.91. The van der Waals surface area contributed by atoms with E-state index in [0.29, 0.717) is 11.5 Å². The minimum Gasteiger partial charge on any atom is -0.377 e. The van der Waals surface area contributed by atoms with Crippen LogP contribution in [-0.4, -0.2) is 35.0 Å². The van der Waals surface area contributed by atoms with E-state index < -0.39 is 10.8 Å². The van der Waals surface area contributed by atoms with E-state index in [0.717, 1.165) is 26.0 Å². The Hall–Kier alpha value is -0.710. The number of benzene rings is 1. The molecule has 20 heavy (non-hydrogen) atoms. The lowest BCUT2D eigenvalue weighted by Gasteiger charge is -2.20. The SMILES string of the molecule is CCNC(CS(=O)CC1CCCO1)c1ccccc1C. The van der Waals surface area contributed by atoms with Crippen molar-refractivity contribution in [1.29, 1.82) is 0 Å². The maximum Gasteiger partial charge on any atom is 0.0691 e.